The molecule has 0 atom stereocenters. The molecule has 0 aliphatic carbocycles. The summed E-state index contributed by atoms with van der Waals surface area (Å²) in [6.07, 6.45) is 3.75. The Labute approximate surface area is 133 Å². The van der Waals surface area contributed by atoms with Gasteiger partial charge in [0.2, 0.25) is 5.91 Å². The normalized spacial score (nSPS) is 15.1. The molecule has 1 amide bonds. The van der Waals surface area contributed by atoms with Crippen molar-refractivity contribution in [2.45, 2.75) is 19.3 Å². The molecular weight excluding hydrogens is 278 g/mol. The minimum atomic E-state index is -0.0269. The summed E-state index contributed by atoms with van der Waals surface area (Å²) in [5.74, 6) is -0.0269. The monoisotopic (exact) mass is 305 g/mol. The zero-order valence-corrected chi connectivity index (χ0v) is 13.4. The van der Waals surface area contributed by atoms with E-state index in [9.17, 15) is 4.79 Å². The van der Waals surface area contributed by atoms with Gasteiger partial charge in [-0.1, -0.05) is 12.1 Å². The van der Waals surface area contributed by atoms with Gasteiger partial charge < -0.3 is 20.3 Å². The van der Waals surface area contributed by atoms with Gasteiger partial charge in [-0.3, -0.25) is 4.79 Å². The zero-order valence-electron chi connectivity index (χ0n) is 13.4. The summed E-state index contributed by atoms with van der Waals surface area (Å²) in [6.45, 7) is 5.21. The van der Waals surface area contributed by atoms with Crippen LogP contribution in [0, 0.1) is 0 Å². The van der Waals surface area contributed by atoms with Crippen molar-refractivity contribution in [2.75, 3.05) is 51.8 Å². The van der Waals surface area contributed by atoms with Crippen LogP contribution in [-0.4, -0.2) is 57.2 Å². The molecule has 0 saturated carbocycles. The number of ether oxygens (including phenoxy) is 1. The third-order valence-electron chi connectivity index (χ3n) is 3.92. The van der Waals surface area contributed by atoms with Crippen LogP contribution in [0.2, 0.25) is 0 Å². The Balaban J connectivity index is 1.68. The first-order chi connectivity index (χ1) is 10.8. The van der Waals surface area contributed by atoms with Crippen LogP contribution in [0.15, 0.2) is 24.3 Å². The molecule has 1 saturated heterocycles. The molecule has 2 rings (SSSR count). The predicted octanol–water partition coefficient (Wildman–Crippen LogP) is 1.50. The number of methoxy groups -OCH3 is 1. The Morgan fingerprint density at radius 1 is 1.23 bits per heavy atom. The van der Waals surface area contributed by atoms with Crippen molar-refractivity contribution in [2.24, 2.45) is 0 Å². The van der Waals surface area contributed by atoms with E-state index in [1.807, 2.05) is 12.1 Å². The second-order valence-corrected chi connectivity index (χ2v) is 5.71. The van der Waals surface area contributed by atoms with E-state index in [4.69, 9.17) is 4.74 Å². The smallest absolute Gasteiger partial charge is 0.238 e. The molecule has 1 aromatic rings. The van der Waals surface area contributed by atoms with E-state index in [1.165, 1.54) is 31.5 Å². The SMILES string of the molecule is COCCNCC(=O)Nc1ccc(CCN2CCCC2)cc1. The molecular formula is C17H27N3O2. The quantitative estimate of drug-likeness (QED) is 0.679. The molecule has 0 bridgehead atoms. The molecule has 0 radical (unpaired) electrons. The van der Waals surface area contributed by atoms with Crippen molar-refractivity contribution >= 4 is 11.6 Å². The molecule has 122 valence electrons. The van der Waals surface area contributed by atoms with Crippen LogP contribution >= 0.6 is 0 Å². The Hall–Kier alpha value is -1.43. The lowest BCUT2D eigenvalue weighted by Crippen LogP contribution is -2.30. The highest BCUT2D eigenvalue weighted by atomic mass is 16.5. The van der Waals surface area contributed by atoms with Gasteiger partial charge in [-0.25, -0.2) is 0 Å². The van der Waals surface area contributed by atoms with Crippen LogP contribution in [0.1, 0.15) is 18.4 Å². The minimum absolute atomic E-state index is 0.0269. The Bertz CT molecular complexity index is 442. The number of nitrogens with zero attached hydrogens (tertiary/aromatic N) is 1. The highest BCUT2D eigenvalue weighted by Crippen LogP contribution is 2.12. The summed E-state index contributed by atoms with van der Waals surface area (Å²) in [4.78, 5) is 14.3. The average Bonchev–Trinajstić information content (AvgIpc) is 3.04. The van der Waals surface area contributed by atoms with Crippen LogP contribution < -0.4 is 10.6 Å². The fraction of sp³-hybridized carbons (Fsp3) is 0.588. The van der Waals surface area contributed by atoms with Crippen LogP contribution in [0.5, 0.6) is 0 Å². The van der Waals surface area contributed by atoms with Crippen molar-refractivity contribution in [3.8, 4) is 0 Å². The number of hydrogen-bond donors (Lipinski definition) is 2. The minimum Gasteiger partial charge on any atom is -0.383 e. The van der Waals surface area contributed by atoms with E-state index in [1.54, 1.807) is 7.11 Å². The number of carbonyl (C=O) groups excluding carboxylic acids is 1. The number of likely N-dealkylation sites (tertiary alicyclic amines) is 1. The summed E-state index contributed by atoms with van der Waals surface area (Å²) in [5, 5.41) is 5.92. The van der Waals surface area contributed by atoms with Gasteiger partial charge in [0.1, 0.15) is 0 Å². The van der Waals surface area contributed by atoms with Gasteiger partial charge in [-0.2, -0.15) is 0 Å². The first-order valence-electron chi connectivity index (χ1n) is 8.09. The van der Waals surface area contributed by atoms with Gasteiger partial charge in [0, 0.05) is 25.9 Å². The van der Waals surface area contributed by atoms with Crippen LogP contribution in [-0.2, 0) is 16.0 Å². The van der Waals surface area contributed by atoms with Crippen molar-refractivity contribution in [1.82, 2.24) is 10.2 Å². The molecule has 1 fully saturated rings. The lowest BCUT2D eigenvalue weighted by atomic mass is 10.1. The Kier molecular flexibility index (Phi) is 7.36. The van der Waals surface area contributed by atoms with E-state index in [0.29, 0.717) is 19.7 Å². The Morgan fingerprint density at radius 3 is 2.64 bits per heavy atom. The molecule has 0 unspecified atom stereocenters. The van der Waals surface area contributed by atoms with Crippen molar-refractivity contribution < 1.29 is 9.53 Å². The molecule has 0 aromatic heterocycles. The maximum Gasteiger partial charge on any atom is 0.238 e. The van der Waals surface area contributed by atoms with Crippen LogP contribution in [0.3, 0.4) is 0 Å². The highest BCUT2D eigenvalue weighted by molar-refractivity contribution is 5.92. The molecule has 5 heteroatoms. The fourth-order valence-corrected chi connectivity index (χ4v) is 2.63. The largest absolute Gasteiger partial charge is 0.383 e. The van der Waals surface area contributed by atoms with Gasteiger partial charge in [0.15, 0.2) is 0 Å². The molecule has 0 spiro atoms. The zero-order chi connectivity index (χ0) is 15.6. The van der Waals surface area contributed by atoms with Gasteiger partial charge >= 0.3 is 0 Å². The number of hydrogen-bond acceptors (Lipinski definition) is 4. The van der Waals surface area contributed by atoms with E-state index in [-0.39, 0.29) is 5.91 Å². The molecule has 22 heavy (non-hydrogen) atoms. The lowest BCUT2D eigenvalue weighted by Gasteiger charge is -2.14. The lowest BCUT2D eigenvalue weighted by molar-refractivity contribution is -0.115. The molecule has 5 nitrogen and oxygen atoms in total. The summed E-state index contributed by atoms with van der Waals surface area (Å²) in [6, 6.07) is 8.16. The van der Waals surface area contributed by atoms with Gasteiger partial charge in [0.05, 0.1) is 13.2 Å². The maximum absolute atomic E-state index is 11.7. The second kappa shape index (κ2) is 9.56. The summed E-state index contributed by atoms with van der Waals surface area (Å²) in [7, 11) is 1.65. The molecule has 1 heterocycles. The van der Waals surface area contributed by atoms with Crippen LogP contribution in [0.25, 0.3) is 0 Å². The third-order valence-corrected chi connectivity index (χ3v) is 3.92. The first-order valence-corrected chi connectivity index (χ1v) is 8.09. The van der Waals surface area contributed by atoms with Crippen LogP contribution in [0.4, 0.5) is 5.69 Å². The van der Waals surface area contributed by atoms with E-state index in [0.717, 1.165) is 18.7 Å². The number of anilines is 1. The number of amides is 1. The number of benzene rings is 1. The molecule has 1 aromatic carbocycles. The highest BCUT2D eigenvalue weighted by Gasteiger charge is 2.10. The van der Waals surface area contributed by atoms with Gasteiger partial charge in [-0.15, -0.1) is 0 Å². The third kappa shape index (κ3) is 6.13. The van der Waals surface area contributed by atoms with Gasteiger partial charge in [0.25, 0.3) is 0 Å². The summed E-state index contributed by atoms with van der Waals surface area (Å²) < 4.78 is 4.92. The van der Waals surface area contributed by atoms with E-state index >= 15 is 0 Å². The topological polar surface area (TPSA) is 53.6 Å². The molecule has 1 aliphatic heterocycles. The van der Waals surface area contributed by atoms with Crippen molar-refractivity contribution in [3.05, 3.63) is 29.8 Å². The Morgan fingerprint density at radius 2 is 1.95 bits per heavy atom. The second-order valence-electron chi connectivity index (χ2n) is 5.71. The summed E-state index contributed by atoms with van der Waals surface area (Å²) in [5.41, 5.74) is 2.17. The number of nitrogens with one attached hydrogen (secondary N) is 2. The van der Waals surface area contributed by atoms with Crippen molar-refractivity contribution in [3.63, 3.8) is 0 Å². The standard InChI is InChI=1S/C17H27N3O2/c1-22-13-9-18-14-17(21)19-16-6-4-15(5-7-16)8-12-20-10-2-3-11-20/h4-7,18H,2-3,8-14H2,1H3,(H,19,21). The van der Waals surface area contributed by atoms with Crippen molar-refractivity contribution in [1.29, 1.82) is 0 Å². The average molecular weight is 305 g/mol. The first kappa shape index (κ1) is 16.9. The van der Waals surface area contributed by atoms with E-state index < -0.39 is 0 Å². The predicted molar refractivity (Wildman–Crippen MR) is 89.2 cm³/mol. The molecule has 1 aliphatic rings. The number of carbonyl (C=O) groups is 1. The van der Waals surface area contributed by atoms with Gasteiger partial charge in [-0.05, 0) is 50.0 Å². The molecule has 2 N–H and O–H groups in total. The fourth-order valence-electron chi connectivity index (χ4n) is 2.63. The number of rotatable bonds is 9. The van der Waals surface area contributed by atoms with E-state index in [2.05, 4.69) is 27.7 Å². The maximum atomic E-state index is 11.7. The summed E-state index contributed by atoms with van der Waals surface area (Å²) >= 11 is 0.